The SMILES string of the molecule is O=[N+]([O-])c1cc(S(=O)(=O)N2CCCC2)ccc1N/N=C\c1ccc(OC(F)F)cc1OC(F)F. The molecule has 1 fully saturated rings. The van der Waals surface area contributed by atoms with Crippen molar-refractivity contribution in [2.24, 2.45) is 5.10 Å². The number of benzene rings is 2. The summed E-state index contributed by atoms with van der Waals surface area (Å²) in [5.74, 6) is -0.957. The number of hydrazone groups is 1. The molecule has 3 rings (SSSR count). The van der Waals surface area contributed by atoms with Crippen molar-refractivity contribution in [3.63, 3.8) is 0 Å². The van der Waals surface area contributed by atoms with Gasteiger partial charge in [0.15, 0.2) is 0 Å². The molecule has 0 amide bonds. The van der Waals surface area contributed by atoms with E-state index in [9.17, 15) is 36.1 Å². The summed E-state index contributed by atoms with van der Waals surface area (Å²) in [5, 5.41) is 15.2. The minimum absolute atomic E-state index is 0.0784. The second-order valence-corrected chi connectivity index (χ2v) is 8.81. The maximum Gasteiger partial charge on any atom is 0.387 e. The van der Waals surface area contributed by atoms with Gasteiger partial charge in [-0.1, -0.05) is 0 Å². The number of halogens is 4. The van der Waals surface area contributed by atoms with E-state index in [1.165, 1.54) is 10.4 Å². The van der Waals surface area contributed by atoms with Gasteiger partial charge >= 0.3 is 13.2 Å². The third-order valence-electron chi connectivity index (χ3n) is 4.68. The zero-order valence-electron chi connectivity index (χ0n) is 17.2. The molecular formula is C19H18F4N4O6S. The van der Waals surface area contributed by atoms with Crippen molar-refractivity contribution >= 4 is 27.6 Å². The van der Waals surface area contributed by atoms with E-state index < -0.39 is 45.4 Å². The minimum atomic E-state index is -3.90. The van der Waals surface area contributed by atoms with E-state index in [1.54, 1.807) is 0 Å². The smallest absolute Gasteiger partial charge is 0.387 e. The van der Waals surface area contributed by atoms with Gasteiger partial charge in [-0.2, -0.15) is 27.0 Å². The molecular weight excluding hydrogens is 488 g/mol. The van der Waals surface area contributed by atoms with Crippen molar-refractivity contribution in [1.82, 2.24) is 4.31 Å². The van der Waals surface area contributed by atoms with Crippen LogP contribution in [0.25, 0.3) is 0 Å². The van der Waals surface area contributed by atoms with Crippen LogP contribution in [-0.2, 0) is 10.0 Å². The second kappa shape index (κ2) is 10.6. The van der Waals surface area contributed by atoms with Crippen LogP contribution in [0.1, 0.15) is 18.4 Å². The summed E-state index contributed by atoms with van der Waals surface area (Å²) < 4.78 is 85.0. The van der Waals surface area contributed by atoms with E-state index >= 15 is 0 Å². The third kappa shape index (κ3) is 6.11. The van der Waals surface area contributed by atoms with Crippen molar-refractivity contribution in [3.05, 3.63) is 52.1 Å². The molecule has 1 heterocycles. The minimum Gasteiger partial charge on any atom is -0.435 e. The highest BCUT2D eigenvalue weighted by atomic mass is 32.2. The summed E-state index contributed by atoms with van der Waals surface area (Å²) in [4.78, 5) is 10.4. The van der Waals surface area contributed by atoms with Crippen molar-refractivity contribution in [3.8, 4) is 11.5 Å². The second-order valence-electron chi connectivity index (χ2n) is 6.87. The lowest BCUT2D eigenvalue weighted by Gasteiger charge is -2.15. The highest BCUT2D eigenvalue weighted by molar-refractivity contribution is 7.89. The van der Waals surface area contributed by atoms with Gasteiger partial charge in [0.25, 0.3) is 5.69 Å². The monoisotopic (exact) mass is 506 g/mol. The Hall–Kier alpha value is -3.46. The molecule has 0 bridgehead atoms. The van der Waals surface area contributed by atoms with Gasteiger partial charge in [-0.05, 0) is 37.1 Å². The fourth-order valence-electron chi connectivity index (χ4n) is 3.16. The number of nitro benzene ring substituents is 1. The lowest BCUT2D eigenvalue weighted by atomic mass is 10.2. The molecule has 1 N–H and O–H groups in total. The van der Waals surface area contributed by atoms with Crippen LogP contribution in [0.3, 0.4) is 0 Å². The summed E-state index contributed by atoms with van der Waals surface area (Å²) in [5.41, 5.74) is 1.51. The number of hydrogen-bond donors (Lipinski definition) is 1. The molecule has 0 saturated carbocycles. The first-order chi connectivity index (χ1) is 16.1. The molecule has 0 atom stereocenters. The van der Waals surface area contributed by atoms with Gasteiger partial charge in [0, 0.05) is 30.8 Å². The average molecular weight is 506 g/mol. The number of rotatable bonds is 10. The standard InChI is InChI=1S/C19H18F4N4O6S/c20-18(21)32-13-4-3-12(17(9-13)33-19(22)23)11-24-25-15-6-5-14(10-16(15)27(28)29)34(30,31)26-7-1-2-8-26/h3-6,9-11,18-19,25H,1-2,7-8H2/b24-11-. The Balaban J connectivity index is 1.84. The largest absolute Gasteiger partial charge is 0.435 e. The maximum absolute atomic E-state index is 12.7. The molecule has 0 radical (unpaired) electrons. The normalized spacial score (nSPS) is 14.8. The first-order valence-electron chi connectivity index (χ1n) is 9.69. The zero-order chi connectivity index (χ0) is 24.9. The molecule has 0 aliphatic carbocycles. The topological polar surface area (TPSA) is 123 Å². The summed E-state index contributed by atoms with van der Waals surface area (Å²) in [6.07, 6.45) is 2.35. The molecule has 2 aromatic rings. The van der Waals surface area contributed by atoms with Gasteiger partial charge in [0.2, 0.25) is 10.0 Å². The number of hydrogen-bond acceptors (Lipinski definition) is 8. The molecule has 0 aromatic heterocycles. The van der Waals surface area contributed by atoms with Crippen molar-refractivity contribution in [2.75, 3.05) is 18.5 Å². The lowest BCUT2D eigenvalue weighted by Crippen LogP contribution is -2.27. The zero-order valence-corrected chi connectivity index (χ0v) is 18.1. The van der Waals surface area contributed by atoms with Crippen LogP contribution >= 0.6 is 0 Å². The third-order valence-corrected chi connectivity index (χ3v) is 6.58. The number of nitrogens with zero attached hydrogens (tertiary/aromatic N) is 3. The number of alkyl halides is 4. The van der Waals surface area contributed by atoms with Crippen LogP contribution in [0.2, 0.25) is 0 Å². The summed E-state index contributed by atoms with van der Waals surface area (Å²) in [7, 11) is -3.90. The quantitative estimate of drug-likeness (QED) is 0.223. The van der Waals surface area contributed by atoms with Crippen LogP contribution in [-0.4, -0.2) is 50.2 Å². The molecule has 10 nitrogen and oxygen atoms in total. The molecule has 2 aromatic carbocycles. The van der Waals surface area contributed by atoms with Gasteiger partial charge in [-0.25, -0.2) is 8.42 Å². The van der Waals surface area contributed by atoms with E-state index in [0.29, 0.717) is 25.9 Å². The maximum atomic E-state index is 12.7. The first-order valence-corrected chi connectivity index (χ1v) is 11.1. The van der Waals surface area contributed by atoms with E-state index in [2.05, 4.69) is 20.0 Å². The van der Waals surface area contributed by atoms with E-state index in [4.69, 9.17) is 0 Å². The molecule has 34 heavy (non-hydrogen) atoms. The van der Waals surface area contributed by atoms with Gasteiger partial charge in [-0.15, -0.1) is 0 Å². The molecule has 0 unspecified atom stereocenters. The highest BCUT2D eigenvalue weighted by Crippen LogP contribution is 2.31. The fourth-order valence-corrected chi connectivity index (χ4v) is 4.70. The number of sulfonamides is 1. The Morgan fingerprint density at radius 1 is 1.06 bits per heavy atom. The molecule has 0 spiro atoms. The van der Waals surface area contributed by atoms with Crippen LogP contribution in [0, 0.1) is 10.1 Å². The molecule has 1 aliphatic heterocycles. The van der Waals surface area contributed by atoms with Crippen molar-refractivity contribution in [2.45, 2.75) is 31.0 Å². The van der Waals surface area contributed by atoms with Gasteiger partial charge in [0.05, 0.1) is 16.0 Å². The lowest BCUT2D eigenvalue weighted by molar-refractivity contribution is -0.384. The Labute approximate surface area is 191 Å². The van der Waals surface area contributed by atoms with Crippen LogP contribution in [0.5, 0.6) is 11.5 Å². The Morgan fingerprint density at radius 2 is 1.74 bits per heavy atom. The van der Waals surface area contributed by atoms with Gasteiger partial charge in [-0.3, -0.25) is 15.5 Å². The van der Waals surface area contributed by atoms with Crippen molar-refractivity contribution < 1.29 is 40.4 Å². The predicted octanol–water partition coefficient (Wildman–Crippen LogP) is 4.03. The molecule has 15 heteroatoms. The van der Waals surface area contributed by atoms with E-state index in [1.807, 2.05) is 0 Å². The predicted molar refractivity (Wildman–Crippen MR) is 112 cm³/mol. The van der Waals surface area contributed by atoms with Gasteiger partial charge in [0.1, 0.15) is 17.2 Å². The summed E-state index contributed by atoms with van der Waals surface area (Å²) in [6, 6.07) is 6.20. The van der Waals surface area contributed by atoms with Crippen LogP contribution < -0.4 is 14.9 Å². The van der Waals surface area contributed by atoms with Crippen molar-refractivity contribution in [1.29, 1.82) is 0 Å². The highest BCUT2D eigenvalue weighted by Gasteiger charge is 2.29. The number of anilines is 1. The fraction of sp³-hybridized carbons (Fsp3) is 0.316. The summed E-state index contributed by atoms with van der Waals surface area (Å²) in [6.45, 7) is -5.80. The van der Waals surface area contributed by atoms with Crippen LogP contribution in [0.15, 0.2) is 46.4 Å². The molecule has 184 valence electrons. The van der Waals surface area contributed by atoms with E-state index in [0.717, 1.165) is 36.5 Å². The number of ether oxygens (including phenoxy) is 2. The molecule has 1 saturated heterocycles. The molecule has 1 aliphatic rings. The van der Waals surface area contributed by atoms with Gasteiger partial charge < -0.3 is 9.47 Å². The Morgan fingerprint density at radius 3 is 2.35 bits per heavy atom. The Kier molecular flexibility index (Phi) is 7.88. The van der Waals surface area contributed by atoms with Crippen LogP contribution in [0.4, 0.5) is 28.9 Å². The number of nitrogens with one attached hydrogen (secondary N) is 1. The first kappa shape index (κ1) is 25.2. The Bertz CT molecular complexity index is 1170. The van der Waals surface area contributed by atoms with E-state index in [-0.39, 0.29) is 16.1 Å². The number of nitro groups is 1. The average Bonchev–Trinajstić information content (AvgIpc) is 3.30. The summed E-state index contributed by atoms with van der Waals surface area (Å²) >= 11 is 0.